The Morgan fingerprint density at radius 3 is 2.64 bits per heavy atom. The van der Waals surface area contributed by atoms with Crippen LogP contribution in [-0.2, 0) is 10.0 Å². The lowest BCUT2D eigenvalue weighted by atomic mass is 10.2. The van der Waals surface area contributed by atoms with Gasteiger partial charge in [0.05, 0.1) is 10.7 Å². The molecule has 1 heterocycles. The molecule has 0 bridgehead atoms. The first-order valence-electron chi connectivity index (χ1n) is 7.93. The molecule has 0 saturated heterocycles. The number of rotatable bonds is 5. The zero-order valence-corrected chi connectivity index (χ0v) is 17.2. The SMILES string of the molecule is CN(C)S(=O)(=O)c1cc(C(=O)Nc2nc(-c3cccc(F)c3)cs2)ccc1Cl. The molecule has 28 heavy (non-hydrogen) atoms. The molecule has 0 saturated carbocycles. The second kappa shape index (κ2) is 7.96. The fourth-order valence-corrected chi connectivity index (χ4v) is 4.43. The highest BCUT2D eigenvalue weighted by atomic mass is 35.5. The zero-order valence-electron chi connectivity index (χ0n) is 14.8. The maximum absolute atomic E-state index is 13.4. The van der Waals surface area contributed by atoms with Crippen LogP contribution in [0.15, 0.2) is 52.7 Å². The van der Waals surface area contributed by atoms with E-state index in [0.717, 1.165) is 4.31 Å². The number of aromatic nitrogens is 1. The number of benzene rings is 2. The largest absolute Gasteiger partial charge is 0.298 e. The molecular formula is C18H15ClFN3O3S2. The summed E-state index contributed by atoms with van der Waals surface area (Å²) < 4.78 is 39.1. The van der Waals surface area contributed by atoms with Gasteiger partial charge in [-0.1, -0.05) is 23.7 Å². The normalized spacial score (nSPS) is 11.6. The lowest BCUT2D eigenvalue weighted by Gasteiger charge is -2.13. The maximum atomic E-state index is 13.4. The van der Waals surface area contributed by atoms with Crippen molar-refractivity contribution in [2.24, 2.45) is 0 Å². The molecule has 0 fully saturated rings. The smallest absolute Gasteiger partial charge is 0.257 e. The minimum absolute atomic E-state index is 0.0212. The van der Waals surface area contributed by atoms with E-state index in [1.807, 2.05) is 0 Å². The Morgan fingerprint density at radius 1 is 1.21 bits per heavy atom. The Kier molecular flexibility index (Phi) is 5.80. The van der Waals surface area contributed by atoms with Crippen LogP contribution in [0.5, 0.6) is 0 Å². The van der Waals surface area contributed by atoms with Crippen LogP contribution in [0.3, 0.4) is 0 Å². The van der Waals surface area contributed by atoms with Gasteiger partial charge in [-0.3, -0.25) is 10.1 Å². The van der Waals surface area contributed by atoms with E-state index in [1.54, 1.807) is 17.5 Å². The van der Waals surface area contributed by atoms with Gasteiger partial charge in [0.25, 0.3) is 5.91 Å². The Labute approximate surface area is 170 Å². The molecule has 0 spiro atoms. The lowest BCUT2D eigenvalue weighted by Crippen LogP contribution is -2.23. The van der Waals surface area contributed by atoms with E-state index in [2.05, 4.69) is 10.3 Å². The van der Waals surface area contributed by atoms with Crippen molar-refractivity contribution in [2.45, 2.75) is 4.90 Å². The molecule has 1 amide bonds. The molecule has 3 rings (SSSR count). The number of anilines is 1. The summed E-state index contributed by atoms with van der Waals surface area (Å²) in [7, 11) is -1.05. The van der Waals surface area contributed by atoms with E-state index in [4.69, 9.17) is 11.6 Å². The van der Waals surface area contributed by atoms with Crippen LogP contribution in [0.25, 0.3) is 11.3 Å². The van der Waals surface area contributed by atoms with E-state index >= 15 is 0 Å². The van der Waals surface area contributed by atoms with Gasteiger partial charge in [-0.15, -0.1) is 11.3 Å². The summed E-state index contributed by atoms with van der Waals surface area (Å²) >= 11 is 7.17. The van der Waals surface area contributed by atoms with Crippen LogP contribution in [-0.4, -0.2) is 37.7 Å². The average molecular weight is 440 g/mol. The summed E-state index contributed by atoms with van der Waals surface area (Å²) in [6.07, 6.45) is 0. The lowest BCUT2D eigenvalue weighted by molar-refractivity contribution is 0.102. The Hall–Kier alpha value is -2.33. The molecule has 1 aromatic heterocycles. The minimum Gasteiger partial charge on any atom is -0.298 e. The van der Waals surface area contributed by atoms with Crippen molar-refractivity contribution >= 4 is 44.0 Å². The van der Waals surface area contributed by atoms with Gasteiger partial charge in [0.2, 0.25) is 10.0 Å². The molecule has 6 nitrogen and oxygen atoms in total. The average Bonchev–Trinajstić information content (AvgIpc) is 3.10. The van der Waals surface area contributed by atoms with Gasteiger partial charge in [-0.2, -0.15) is 0 Å². The van der Waals surface area contributed by atoms with Gasteiger partial charge in [0.15, 0.2) is 5.13 Å². The molecule has 10 heteroatoms. The first-order valence-corrected chi connectivity index (χ1v) is 10.6. The van der Waals surface area contributed by atoms with Crippen LogP contribution in [0, 0.1) is 5.82 Å². The van der Waals surface area contributed by atoms with Crippen molar-refractivity contribution in [2.75, 3.05) is 19.4 Å². The molecule has 3 aromatic rings. The summed E-state index contributed by atoms with van der Waals surface area (Å²) in [6.45, 7) is 0. The topological polar surface area (TPSA) is 79.4 Å². The number of hydrogen-bond acceptors (Lipinski definition) is 5. The number of amides is 1. The van der Waals surface area contributed by atoms with E-state index in [-0.39, 0.29) is 21.3 Å². The van der Waals surface area contributed by atoms with Crippen LogP contribution in [0.1, 0.15) is 10.4 Å². The number of thiazole rings is 1. The Bertz CT molecular complexity index is 1150. The van der Waals surface area contributed by atoms with Crippen molar-refractivity contribution < 1.29 is 17.6 Å². The van der Waals surface area contributed by atoms with E-state index in [1.165, 1.54) is 55.8 Å². The van der Waals surface area contributed by atoms with Crippen molar-refractivity contribution in [1.29, 1.82) is 0 Å². The highest BCUT2D eigenvalue weighted by molar-refractivity contribution is 7.89. The molecule has 0 atom stereocenters. The number of nitrogens with zero attached hydrogens (tertiary/aromatic N) is 2. The quantitative estimate of drug-likeness (QED) is 0.649. The predicted octanol–water partition coefficient (Wildman–Crippen LogP) is 4.11. The molecular weight excluding hydrogens is 425 g/mol. The summed E-state index contributed by atoms with van der Waals surface area (Å²) in [4.78, 5) is 16.6. The van der Waals surface area contributed by atoms with Gasteiger partial charge in [-0.05, 0) is 30.3 Å². The van der Waals surface area contributed by atoms with Crippen LogP contribution in [0.4, 0.5) is 9.52 Å². The second-order valence-corrected chi connectivity index (χ2v) is 9.32. The summed E-state index contributed by atoms with van der Waals surface area (Å²) in [5.74, 6) is -0.918. The van der Waals surface area contributed by atoms with Gasteiger partial charge in [0, 0.05) is 30.6 Å². The number of carbonyl (C=O) groups is 1. The van der Waals surface area contributed by atoms with Crippen molar-refractivity contribution in [3.63, 3.8) is 0 Å². The van der Waals surface area contributed by atoms with Gasteiger partial charge >= 0.3 is 0 Å². The summed E-state index contributed by atoms with van der Waals surface area (Å²) in [5, 5.41) is 4.63. The van der Waals surface area contributed by atoms with Gasteiger partial charge in [-0.25, -0.2) is 22.1 Å². The monoisotopic (exact) mass is 439 g/mol. The van der Waals surface area contributed by atoms with Gasteiger partial charge in [0.1, 0.15) is 10.7 Å². The number of nitrogens with one attached hydrogen (secondary N) is 1. The summed E-state index contributed by atoms with van der Waals surface area (Å²) in [5.41, 5.74) is 1.22. The summed E-state index contributed by atoms with van der Waals surface area (Å²) in [6, 6.07) is 9.95. The molecule has 0 radical (unpaired) electrons. The fourth-order valence-electron chi connectivity index (χ4n) is 2.32. The molecule has 0 aliphatic heterocycles. The van der Waals surface area contributed by atoms with Crippen molar-refractivity contribution in [3.8, 4) is 11.3 Å². The van der Waals surface area contributed by atoms with Gasteiger partial charge < -0.3 is 0 Å². The molecule has 0 unspecified atom stereocenters. The van der Waals surface area contributed by atoms with Crippen LogP contribution < -0.4 is 5.32 Å². The van der Waals surface area contributed by atoms with Crippen molar-refractivity contribution in [3.05, 3.63) is 64.2 Å². The zero-order chi connectivity index (χ0) is 20.5. The first-order chi connectivity index (χ1) is 13.2. The Morgan fingerprint density at radius 2 is 1.96 bits per heavy atom. The molecule has 2 aromatic carbocycles. The maximum Gasteiger partial charge on any atom is 0.257 e. The number of hydrogen-bond donors (Lipinski definition) is 1. The van der Waals surface area contributed by atoms with E-state index < -0.39 is 15.9 Å². The molecule has 146 valence electrons. The van der Waals surface area contributed by atoms with Crippen LogP contribution >= 0.6 is 22.9 Å². The molecule has 0 aliphatic rings. The molecule has 1 N–H and O–H groups in total. The standard InChI is InChI=1S/C18H15ClFN3O3S2/c1-23(2)28(25,26)16-9-12(6-7-14(16)19)17(24)22-18-21-15(10-27-18)11-4-3-5-13(20)8-11/h3-10H,1-2H3,(H,21,22,24). The highest BCUT2D eigenvalue weighted by Crippen LogP contribution is 2.27. The molecule has 0 aliphatic carbocycles. The van der Waals surface area contributed by atoms with E-state index in [9.17, 15) is 17.6 Å². The number of carbonyl (C=O) groups excluding carboxylic acids is 1. The number of halogens is 2. The third kappa shape index (κ3) is 4.22. The first kappa shape index (κ1) is 20.4. The second-order valence-electron chi connectivity index (χ2n) is 5.93. The minimum atomic E-state index is -3.80. The van der Waals surface area contributed by atoms with Crippen molar-refractivity contribution in [1.82, 2.24) is 9.29 Å². The highest BCUT2D eigenvalue weighted by Gasteiger charge is 2.22. The fraction of sp³-hybridized carbons (Fsp3) is 0.111. The van der Waals surface area contributed by atoms with Crippen LogP contribution in [0.2, 0.25) is 5.02 Å². The van der Waals surface area contributed by atoms with E-state index in [0.29, 0.717) is 16.4 Å². The third-order valence-corrected chi connectivity index (χ3v) is 6.85. The number of sulfonamides is 1. The Balaban J connectivity index is 1.85. The third-order valence-electron chi connectivity index (χ3n) is 3.80. The predicted molar refractivity (Wildman–Crippen MR) is 108 cm³/mol.